The van der Waals surface area contributed by atoms with Crippen LogP contribution < -0.4 is 5.32 Å². The van der Waals surface area contributed by atoms with Crippen molar-refractivity contribution in [3.63, 3.8) is 0 Å². The Morgan fingerprint density at radius 3 is 2.27 bits per heavy atom. The lowest BCUT2D eigenvalue weighted by Gasteiger charge is -2.34. The molecule has 30 heavy (non-hydrogen) atoms. The minimum absolute atomic E-state index is 0.0218. The molecule has 0 radical (unpaired) electrons. The number of halogens is 3. The Morgan fingerprint density at radius 2 is 1.60 bits per heavy atom. The number of benzene rings is 2. The number of aryl methyl sites for hydroxylation is 1. The maximum atomic E-state index is 13.1. The van der Waals surface area contributed by atoms with Crippen LogP contribution >= 0.6 is 0 Å². The first kappa shape index (κ1) is 21.8. The van der Waals surface area contributed by atoms with E-state index in [1.54, 1.807) is 4.90 Å². The smallest absolute Gasteiger partial charge is 0.340 e. The zero-order valence-corrected chi connectivity index (χ0v) is 16.7. The van der Waals surface area contributed by atoms with Crippen LogP contribution in [0, 0.1) is 6.92 Å². The molecule has 0 aromatic heterocycles. The summed E-state index contributed by atoms with van der Waals surface area (Å²) in [5.41, 5.74) is 0.944. The van der Waals surface area contributed by atoms with Gasteiger partial charge in [-0.05, 0) is 30.2 Å². The third-order valence-electron chi connectivity index (χ3n) is 5.20. The van der Waals surface area contributed by atoms with Gasteiger partial charge in [-0.25, -0.2) is 0 Å². The lowest BCUT2D eigenvalue weighted by molar-refractivity contribution is -0.137. The van der Waals surface area contributed by atoms with Crippen LogP contribution in [0.15, 0.2) is 48.5 Å². The van der Waals surface area contributed by atoms with E-state index in [-0.39, 0.29) is 18.1 Å². The van der Waals surface area contributed by atoms with Crippen molar-refractivity contribution in [2.45, 2.75) is 19.5 Å². The monoisotopic (exact) mass is 419 g/mol. The SMILES string of the molecule is Cc1ccccc1CC(=O)N1CCN(CC(=O)Nc2ccccc2C(F)(F)F)CC1. The van der Waals surface area contributed by atoms with Gasteiger partial charge in [-0.15, -0.1) is 0 Å². The highest BCUT2D eigenvalue weighted by Crippen LogP contribution is 2.34. The van der Waals surface area contributed by atoms with E-state index in [2.05, 4.69) is 5.32 Å². The fourth-order valence-electron chi connectivity index (χ4n) is 3.47. The number of para-hydroxylation sites is 1. The molecule has 0 spiro atoms. The number of amides is 2. The van der Waals surface area contributed by atoms with Crippen molar-refractivity contribution in [2.24, 2.45) is 0 Å². The highest BCUT2D eigenvalue weighted by molar-refractivity contribution is 5.93. The lowest BCUT2D eigenvalue weighted by atomic mass is 10.1. The van der Waals surface area contributed by atoms with Gasteiger partial charge in [-0.2, -0.15) is 13.2 Å². The Morgan fingerprint density at radius 1 is 0.967 bits per heavy atom. The van der Waals surface area contributed by atoms with Gasteiger partial charge in [0.1, 0.15) is 0 Å². The lowest BCUT2D eigenvalue weighted by Crippen LogP contribution is -2.50. The van der Waals surface area contributed by atoms with Gasteiger partial charge >= 0.3 is 6.18 Å². The molecule has 160 valence electrons. The van der Waals surface area contributed by atoms with Crippen LogP contribution in [0.5, 0.6) is 0 Å². The highest BCUT2D eigenvalue weighted by atomic mass is 19.4. The molecule has 1 heterocycles. The molecule has 1 N–H and O–H groups in total. The maximum Gasteiger partial charge on any atom is 0.418 e. The molecule has 0 bridgehead atoms. The van der Waals surface area contributed by atoms with E-state index >= 15 is 0 Å². The summed E-state index contributed by atoms with van der Waals surface area (Å²) in [7, 11) is 0. The number of carbonyl (C=O) groups is 2. The van der Waals surface area contributed by atoms with E-state index in [1.807, 2.05) is 36.1 Å². The van der Waals surface area contributed by atoms with Crippen LogP contribution in [0.1, 0.15) is 16.7 Å². The van der Waals surface area contributed by atoms with Crippen molar-refractivity contribution in [1.82, 2.24) is 9.80 Å². The molecule has 0 atom stereocenters. The quantitative estimate of drug-likeness (QED) is 0.809. The predicted octanol–water partition coefficient (Wildman–Crippen LogP) is 3.34. The van der Waals surface area contributed by atoms with Crippen LogP contribution in [0.3, 0.4) is 0 Å². The molecule has 1 fully saturated rings. The zero-order chi connectivity index (χ0) is 21.7. The number of carbonyl (C=O) groups excluding carboxylic acids is 2. The fraction of sp³-hybridized carbons (Fsp3) is 0.364. The van der Waals surface area contributed by atoms with Gasteiger partial charge in [0.2, 0.25) is 11.8 Å². The molecular formula is C22H24F3N3O2. The van der Waals surface area contributed by atoms with Crippen LogP contribution in [0.25, 0.3) is 0 Å². The van der Waals surface area contributed by atoms with Crippen molar-refractivity contribution in [1.29, 1.82) is 0 Å². The maximum absolute atomic E-state index is 13.1. The molecule has 1 aliphatic rings. The molecule has 1 saturated heterocycles. The van der Waals surface area contributed by atoms with Crippen molar-refractivity contribution < 1.29 is 22.8 Å². The van der Waals surface area contributed by atoms with Crippen molar-refractivity contribution in [3.8, 4) is 0 Å². The van der Waals surface area contributed by atoms with Crippen LogP contribution in [0.2, 0.25) is 0 Å². The summed E-state index contributed by atoms with van der Waals surface area (Å²) in [5.74, 6) is -0.473. The number of anilines is 1. The van der Waals surface area contributed by atoms with Crippen molar-refractivity contribution >= 4 is 17.5 Å². The molecule has 2 amide bonds. The standard InChI is InChI=1S/C22H24F3N3O2/c1-16-6-2-3-7-17(16)14-21(30)28-12-10-27(11-13-28)15-20(29)26-19-9-5-4-8-18(19)22(23,24)25/h2-9H,10-15H2,1H3,(H,26,29). The van der Waals surface area contributed by atoms with Gasteiger partial charge in [0.05, 0.1) is 24.2 Å². The molecule has 0 unspecified atom stereocenters. The minimum atomic E-state index is -4.53. The third kappa shape index (κ3) is 5.60. The first-order chi connectivity index (χ1) is 14.2. The first-order valence-electron chi connectivity index (χ1n) is 9.75. The Hall–Kier alpha value is -2.87. The molecule has 5 nitrogen and oxygen atoms in total. The summed E-state index contributed by atoms with van der Waals surface area (Å²) in [6.45, 7) is 3.90. The number of alkyl halides is 3. The Bertz CT molecular complexity index is 906. The van der Waals surface area contributed by atoms with Gasteiger partial charge in [0.25, 0.3) is 0 Å². The summed E-state index contributed by atoms with van der Waals surface area (Å²) in [6, 6.07) is 12.7. The topological polar surface area (TPSA) is 52.7 Å². The molecule has 0 saturated carbocycles. The largest absolute Gasteiger partial charge is 0.418 e. The van der Waals surface area contributed by atoms with Gasteiger partial charge in [-0.1, -0.05) is 36.4 Å². The molecule has 8 heteroatoms. The minimum Gasteiger partial charge on any atom is -0.340 e. The normalized spacial score (nSPS) is 15.1. The van der Waals surface area contributed by atoms with Gasteiger partial charge in [0.15, 0.2) is 0 Å². The van der Waals surface area contributed by atoms with Crippen LogP contribution in [0.4, 0.5) is 18.9 Å². The van der Waals surface area contributed by atoms with Gasteiger partial charge in [-0.3, -0.25) is 14.5 Å². The average molecular weight is 419 g/mol. The second-order valence-electron chi connectivity index (χ2n) is 7.35. The van der Waals surface area contributed by atoms with Crippen LogP contribution in [-0.2, 0) is 22.2 Å². The van der Waals surface area contributed by atoms with Gasteiger partial charge in [0, 0.05) is 26.2 Å². The van der Waals surface area contributed by atoms with Crippen molar-refractivity contribution in [3.05, 3.63) is 65.2 Å². The number of hydrogen-bond acceptors (Lipinski definition) is 3. The number of nitrogens with zero attached hydrogens (tertiary/aromatic N) is 2. The van der Waals surface area contributed by atoms with Crippen molar-refractivity contribution in [2.75, 3.05) is 38.0 Å². The molecular weight excluding hydrogens is 395 g/mol. The Kier molecular flexibility index (Phi) is 6.77. The van der Waals surface area contributed by atoms with E-state index in [9.17, 15) is 22.8 Å². The molecule has 2 aromatic carbocycles. The van der Waals surface area contributed by atoms with E-state index in [4.69, 9.17) is 0 Å². The second kappa shape index (κ2) is 9.30. The van der Waals surface area contributed by atoms with E-state index in [1.165, 1.54) is 18.2 Å². The van der Waals surface area contributed by atoms with Crippen LogP contribution in [-0.4, -0.2) is 54.3 Å². The molecule has 1 aliphatic heterocycles. The number of nitrogens with one attached hydrogen (secondary N) is 1. The number of piperazine rings is 1. The summed E-state index contributed by atoms with van der Waals surface area (Å²) in [6.07, 6.45) is -4.20. The first-order valence-corrected chi connectivity index (χ1v) is 9.75. The second-order valence-corrected chi connectivity index (χ2v) is 7.35. The number of rotatable bonds is 5. The molecule has 0 aliphatic carbocycles. The zero-order valence-electron chi connectivity index (χ0n) is 16.7. The summed E-state index contributed by atoms with van der Waals surface area (Å²) < 4.78 is 39.2. The highest BCUT2D eigenvalue weighted by Gasteiger charge is 2.33. The summed E-state index contributed by atoms with van der Waals surface area (Å²) >= 11 is 0. The molecule has 3 rings (SSSR count). The molecule has 2 aromatic rings. The van der Waals surface area contributed by atoms with E-state index < -0.39 is 17.6 Å². The summed E-state index contributed by atoms with van der Waals surface area (Å²) in [4.78, 5) is 28.4. The van der Waals surface area contributed by atoms with Gasteiger partial charge < -0.3 is 10.2 Å². The Labute approximate surface area is 173 Å². The Balaban J connectivity index is 1.50. The third-order valence-corrected chi connectivity index (χ3v) is 5.20. The van der Waals surface area contributed by atoms with E-state index in [0.29, 0.717) is 32.6 Å². The fourth-order valence-corrected chi connectivity index (χ4v) is 3.47. The van der Waals surface area contributed by atoms with E-state index in [0.717, 1.165) is 17.2 Å². The summed E-state index contributed by atoms with van der Waals surface area (Å²) in [5, 5.41) is 2.36. The number of hydrogen-bond donors (Lipinski definition) is 1. The predicted molar refractivity (Wildman–Crippen MR) is 108 cm³/mol. The average Bonchev–Trinajstić information content (AvgIpc) is 2.70.